The summed E-state index contributed by atoms with van der Waals surface area (Å²) in [6.45, 7) is 12.2. The van der Waals surface area contributed by atoms with Gasteiger partial charge in [-0.1, -0.05) is 0 Å². The molecule has 1 rings (SSSR count). The van der Waals surface area contributed by atoms with Gasteiger partial charge in [0, 0.05) is 24.7 Å². The molecule has 1 aliphatic rings. The van der Waals surface area contributed by atoms with E-state index in [2.05, 4.69) is 51.6 Å². The van der Waals surface area contributed by atoms with Crippen molar-refractivity contribution in [3.8, 4) is 0 Å². The molecule has 1 aliphatic heterocycles. The first-order valence-corrected chi connectivity index (χ1v) is 6.35. The number of hydrogen-bond acceptors (Lipinski definition) is 3. The largest absolute Gasteiger partial charge is 0.375 e. The normalized spacial score (nSPS) is 27.9. The summed E-state index contributed by atoms with van der Waals surface area (Å²) in [6.07, 6.45) is 1.59. The maximum Gasteiger partial charge on any atom is 0.0740 e. The van der Waals surface area contributed by atoms with E-state index in [4.69, 9.17) is 4.74 Å². The van der Waals surface area contributed by atoms with Crippen molar-refractivity contribution in [2.24, 2.45) is 0 Å². The lowest BCUT2D eigenvalue weighted by Gasteiger charge is -2.36. The van der Waals surface area contributed by atoms with Crippen LogP contribution in [0, 0.1) is 0 Å². The molecule has 0 N–H and O–H groups in total. The minimum atomic E-state index is 0.263. The SMILES string of the molecule is C[C@H]1[C@@H](OCCN(C)C)CCN1C(C)(C)C. The molecule has 0 radical (unpaired) electrons. The summed E-state index contributed by atoms with van der Waals surface area (Å²) in [6, 6.07) is 0.544. The van der Waals surface area contributed by atoms with Gasteiger partial charge in [-0.15, -0.1) is 0 Å². The van der Waals surface area contributed by atoms with E-state index in [-0.39, 0.29) is 5.54 Å². The monoisotopic (exact) mass is 228 g/mol. The fourth-order valence-corrected chi connectivity index (χ4v) is 2.47. The number of hydrogen-bond donors (Lipinski definition) is 0. The number of likely N-dealkylation sites (N-methyl/N-ethyl adjacent to an activating group) is 1. The molecule has 0 saturated carbocycles. The lowest BCUT2D eigenvalue weighted by molar-refractivity contribution is 0.00953. The highest BCUT2D eigenvalue weighted by atomic mass is 16.5. The minimum absolute atomic E-state index is 0.263. The smallest absolute Gasteiger partial charge is 0.0740 e. The zero-order chi connectivity index (χ0) is 12.3. The predicted octanol–water partition coefficient (Wildman–Crippen LogP) is 1.83. The summed E-state index contributed by atoms with van der Waals surface area (Å²) in [4.78, 5) is 4.72. The van der Waals surface area contributed by atoms with Crippen LogP contribution in [0.25, 0.3) is 0 Å². The Morgan fingerprint density at radius 2 is 1.94 bits per heavy atom. The van der Waals surface area contributed by atoms with Crippen molar-refractivity contribution in [3.63, 3.8) is 0 Å². The van der Waals surface area contributed by atoms with Gasteiger partial charge in [-0.05, 0) is 48.2 Å². The van der Waals surface area contributed by atoms with Crippen LogP contribution in [0.15, 0.2) is 0 Å². The molecule has 1 fully saturated rings. The number of likely N-dealkylation sites (tertiary alicyclic amines) is 1. The van der Waals surface area contributed by atoms with E-state index >= 15 is 0 Å². The van der Waals surface area contributed by atoms with Gasteiger partial charge in [0.05, 0.1) is 12.7 Å². The Kier molecular flexibility index (Phi) is 4.77. The van der Waals surface area contributed by atoms with E-state index in [0.717, 1.165) is 19.7 Å². The Bertz CT molecular complexity index is 210. The van der Waals surface area contributed by atoms with Crippen LogP contribution in [0.2, 0.25) is 0 Å². The molecule has 0 unspecified atom stereocenters. The van der Waals surface area contributed by atoms with Crippen molar-refractivity contribution in [3.05, 3.63) is 0 Å². The fourth-order valence-electron chi connectivity index (χ4n) is 2.47. The second kappa shape index (κ2) is 5.48. The number of nitrogens with zero attached hydrogens (tertiary/aromatic N) is 2. The van der Waals surface area contributed by atoms with Gasteiger partial charge in [-0.25, -0.2) is 0 Å². The van der Waals surface area contributed by atoms with Crippen LogP contribution in [0.5, 0.6) is 0 Å². The molecule has 0 amide bonds. The van der Waals surface area contributed by atoms with E-state index < -0.39 is 0 Å². The number of rotatable bonds is 4. The van der Waals surface area contributed by atoms with Gasteiger partial charge in [0.15, 0.2) is 0 Å². The van der Waals surface area contributed by atoms with E-state index in [9.17, 15) is 0 Å². The van der Waals surface area contributed by atoms with Crippen molar-refractivity contribution >= 4 is 0 Å². The maximum absolute atomic E-state index is 5.97. The summed E-state index contributed by atoms with van der Waals surface area (Å²) in [7, 11) is 4.17. The molecule has 0 aromatic heterocycles. The zero-order valence-electron chi connectivity index (χ0n) is 11.8. The van der Waals surface area contributed by atoms with E-state index in [0.29, 0.717) is 12.1 Å². The van der Waals surface area contributed by atoms with E-state index in [1.807, 2.05) is 0 Å². The molecule has 3 heteroatoms. The molecular formula is C13H28N2O. The summed E-state index contributed by atoms with van der Waals surface area (Å²) < 4.78 is 5.97. The summed E-state index contributed by atoms with van der Waals surface area (Å²) >= 11 is 0. The lowest BCUT2D eigenvalue weighted by Crippen LogP contribution is -2.46. The highest BCUT2D eigenvalue weighted by Gasteiger charge is 2.37. The molecule has 0 aliphatic carbocycles. The molecular weight excluding hydrogens is 200 g/mol. The number of ether oxygens (including phenoxy) is 1. The molecule has 0 aromatic carbocycles. The molecule has 16 heavy (non-hydrogen) atoms. The van der Waals surface area contributed by atoms with Gasteiger partial charge >= 0.3 is 0 Å². The van der Waals surface area contributed by atoms with Crippen LogP contribution >= 0.6 is 0 Å². The van der Waals surface area contributed by atoms with Crippen LogP contribution in [0.4, 0.5) is 0 Å². The van der Waals surface area contributed by atoms with Crippen molar-refractivity contribution in [1.29, 1.82) is 0 Å². The highest BCUT2D eigenvalue weighted by molar-refractivity contribution is 4.91. The molecule has 1 saturated heterocycles. The van der Waals surface area contributed by atoms with E-state index in [1.54, 1.807) is 0 Å². The second-order valence-corrected chi connectivity index (χ2v) is 6.11. The third kappa shape index (κ3) is 3.72. The van der Waals surface area contributed by atoms with Crippen molar-refractivity contribution in [2.45, 2.75) is 51.8 Å². The highest BCUT2D eigenvalue weighted by Crippen LogP contribution is 2.28. The van der Waals surface area contributed by atoms with Crippen LogP contribution in [0.3, 0.4) is 0 Å². The summed E-state index contributed by atoms with van der Waals surface area (Å²) in [5.41, 5.74) is 0.263. The third-order valence-corrected chi connectivity index (χ3v) is 3.42. The van der Waals surface area contributed by atoms with Gasteiger partial charge in [0.1, 0.15) is 0 Å². The topological polar surface area (TPSA) is 15.7 Å². The zero-order valence-corrected chi connectivity index (χ0v) is 11.8. The molecule has 3 nitrogen and oxygen atoms in total. The standard InChI is InChI=1S/C13H28N2O/c1-11-12(16-10-9-14(5)6)7-8-15(11)13(2,3)4/h11-12H,7-10H2,1-6H3/t11-,12-/m0/s1. The first kappa shape index (κ1) is 13.9. The molecule has 1 heterocycles. The molecule has 0 spiro atoms. The fraction of sp³-hybridized carbons (Fsp3) is 1.00. The maximum atomic E-state index is 5.97. The molecule has 0 bridgehead atoms. The Balaban J connectivity index is 2.36. The lowest BCUT2D eigenvalue weighted by atomic mass is 10.0. The second-order valence-electron chi connectivity index (χ2n) is 6.11. The van der Waals surface area contributed by atoms with Gasteiger partial charge < -0.3 is 9.64 Å². The molecule has 96 valence electrons. The first-order chi connectivity index (χ1) is 7.32. The van der Waals surface area contributed by atoms with Crippen molar-refractivity contribution in [1.82, 2.24) is 9.80 Å². The Morgan fingerprint density at radius 3 is 2.38 bits per heavy atom. The predicted molar refractivity (Wildman–Crippen MR) is 68.8 cm³/mol. The summed E-state index contributed by atoms with van der Waals surface area (Å²) in [5, 5.41) is 0. The molecule has 0 aromatic rings. The van der Waals surface area contributed by atoms with Gasteiger partial charge in [-0.3, -0.25) is 4.90 Å². The Morgan fingerprint density at radius 1 is 1.31 bits per heavy atom. The van der Waals surface area contributed by atoms with Crippen LogP contribution < -0.4 is 0 Å². The van der Waals surface area contributed by atoms with Gasteiger partial charge in [-0.2, -0.15) is 0 Å². The minimum Gasteiger partial charge on any atom is -0.375 e. The average molecular weight is 228 g/mol. The average Bonchev–Trinajstić information content (AvgIpc) is 2.46. The van der Waals surface area contributed by atoms with Gasteiger partial charge in [0.2, 0.25) is 0 Å². The van der Waals surface area contributed by atoms with E-state index in [1.165, 1.54) is 6.42 Å². The summed E-state index contributed by atoms with van der Waals surface area (Å²) in [5.74, 6) is 0. The van der Waals surface area contributed by atoms with Crippen molar-refractivity contribution < 1.29 is 4.74 Å². The van der Waals surface area contributed by atoms with Crippen LogP contribution in [-0.2, 0) is 4.74 Å². The third-order valence-electron chi connectivity index (χ3n) is 3.42. The first-order valence-electron chi connectivity index (χ1n) is 6.35. The van der Waals surface area contributed by atoms with Crippen LogP contribution in [0.1, 0.15) is 34.1 Å². The quantitative estimate of drug-likeness (QED) is 0.730. The molecule has 2 atom stereocenters. The van der Waals surface area contributed by atoms with Crippen molar-refractivity contribution in [2.75, 3.05) is 33.8 Å². The van der Waals surface area contributed by atoms with Gasteiger partial charge in [0.25, 0.3) is 0 Å². The Hall–Kier alpha value is -0.120. The Labute approximate surface area is 101 Å². The van der Waals surface area contributed by atoms with Crippen LogP contribution in [-0.4, -0.2) is 61.3 Å².